The van der Waals surface area contributed by atoms with Crippen molar-refractivity contribution in [2.24, 2.45) is 41.1 Å². The number of hydrogen-bond donors (Lipinski definition) is 2. The lowest BCUT2D eigenvalue weighted by molar-refractivity contribution is -0.151. The fourth-order valence-electron chi connectivity index (χ4n) is 6.47. The van der Waals surface area contributed by atoms with Crippen molar-refractivity contribution >= 4 is 11.9 Å². The number of hydrogen-bond acceptors (Lipinski definition) is 6. The molecule has 7 atom stereocenters. The van der Waals surface area contributed by atoms with Crippen LogP contribution in [0, 0.1) is 29.6 Å². The first-order chi connectivity index (χ1) is 18.0. The summed E-state index contributed by atoms with van der Waals surface area (Å²) in [5.41, 5.74) is 14.9. The summed E-state index contributed by atoms with van der Waals surface area (Å²) in [7, 11) is 0. The van der Waals surface area contributed by atoms with E-state index in [-0.39, 0.29) is 24.0 Å². The number of fused-ring (bicyclic) bond motifs is 1. The maximum absolute atomic E-state index is 12.7. The number of rotatable bonds is 12. The van der Waals surface area contributed by atoms with Gasteiger partial charge >= 0.3 is 11.9 Å². The Bertz CT molecular complexity index is 930. The molecule has 4 unspecified atom stereocenters. The molecule has 1 aromatic rings. The third-order valence-electron chi connectivity index (χ3n) is 9.10. The van der Waals surface area contributed by atoms with Crippen LogP contribution in [0.3, 0.4) is 0 Å². The van der Waals surface area contributed by atoms with Gasteiger partial charge in [-0.25, -0.2) is 4.79 Å². The molecule has 0 heterocycles. The third-order valence-corrected chi connectivity index (χ3v) is 9.10. The van der Waals surface area contributed by atoms with E-state index in [9.17, 15) is 9.59 Å². The number of ether oxygens (including phenoxy) is 2. The van der Waals surface area contributed by atoms with E-state index in [1.165, 1.54) is 24.0 Å². The van der Waals surface area contributed by atoms with E-state index in [4.69, 9.17) is 20.9 Å². The summed E-state index contributed by atoms with van der Waals surface area (Å²) in [5.74, 6) is 2.35. The van der Waals surface area contributed by atoms with Gasteiger partial charge in [-0.3, -0.25) is 4.79 Å². The Morgan fingerprint density at radius 3 is 2.42 bits per heavy atom. The maximum Gasteiger partial charge on any atom is 0.328 e. The lowest BCUT2D eigenvalue weighted by Gasteiger charge is -2.38. The van der Waals surface area contributed by atoms with Crippen LogP contribution in [0.5, 0.6) is 5.75 Å². The molecule has 0 spiro atoms. The first-order valence-electron chi connectivity index (χ1n) is 15.1. The van der Waals surface area contributed by atoms with Gasteiger partial charge in [0.1, 0.15) is 23.9 Å². The molecule has 214 valence electrons. The average molecular weight is 529 g/mol. The minimum Gasteiger partial charge on any atom is -0.461 e. The van der Waals surface area contributed by atoms with Gasteiger partial charge in [0.2, 0.25) is 0 Å². The summed E-state index contributed by atoms with van der Waals surface area (Å²) in [6.07, 6.45) is 9.21. The van der Waals surface area contributed by atoms with Gasteiger partial charge in [0.15, 0.2) is 0 Å². The van der Waals surface area contributed by atoms with Gasteiger partial charge in [-0.15, -0.1) is 0 Å². The van der Waals surface area contributed by atoms with Crippen LogP contribution in [-0.4, -0.2) is 30.1 Å². The topological polar surface area (TPSA) is 105 Å². The first-order valence-corrected chi connectivity index (χ1v) is 15.1. The summed E-state index contributed by atoms with van der Waals surface area (Å²) in [5, 5.41) is 0. The zero-order valence-corrected chi connectivity index (χ0v) is 24.6. The van der Waals surface area contributed by atoms with E-state index >= 15 is 0 Å². The van der Waals surface area contributed by atoms with Gasteiger partial charge in [0.05, 0.1) is 0 Å². The van der Waals surface area contributed by atoms with Crippen molar-refractivity contribution in [1.82, 2.24) is 0 Å². The summed E-state index contributed by atoms with van der Waals surface area (Å²) in [6, 6.07) is 5.03. The SMILES string of the molecule is CCCCC1c2ccc(OC(=O)[C@@H](N)C(C)C(C)C)cc2CCC1C1CC[C@H](OC(=O)[C@H](N)CC(C)C)C1. The maximum atomic E-state index is 12.7. The van der Waals surface area contributed by atoms with Crippen molar-refractivity contribution in [1.29, 1.82) is 0 Å². The minimum absolute atomic E-state index is 0.0156. The number of carbonyl (C=O) groups is 2. The van der Waals surface area contributed by atoms with Crippen LogP contribution in [0.4, 0.5) is 0 Å². The fourth-order valence-corrected chi connectivity index (χ4v) is 6.47. The quantitative estimate of drug-likeness (QED) is 0.250. The lowest BCUT2D eigenvalue weighted by Crippen LogP contribution is -2.41. The van der Waals surface area contributed by atoms with Crippen molar-refractivity contribution in [2.75, 3.05) is 0 Å². The Morgan fingerprint density at radius 2 is 1.76 bits per heavy atom. The Morgan fingerprint density at radius 1 is 1.03 bits per heavy atom. The van der Waals surface area contributed by atoms with E-state index in [1.54, 1.807) is 0 Å². The second kappa shape index (κ2) is 13.9. The lowest BCUT2D eigenvalue weighted by atomic mass is 9.67. The van der Waals surface area contributed by atoms with Crippen molar-refractivity contribution in [3.05, 3.63) is 29.3 Å². The Hall–Kier alpha value is -1.92. The zero-order chi connectivity index (χ0) is 28.0. The van der Waals surface area contributed by atoms with Crippen LogP contribution in [0.15, 0.2) is 18.2 Å². The summed E-state index contributed by atoms with van der Waals surface area (Å²) in [4.78, 5) is 25.2. The molecule has 3 rings (SSSR count). The predicted octanol–water partition coefficient (Wildman–Crippen LogP) is 6.13. The molecule has 0 aromatic heterocycles. The molecule has 0 saturated heterocycles. The highest BCUT2D eigenvalue weighted by Crippen LogP contribution is 2.48. The fraction of sp³-hybridized carbons (Fsp3) is 0.750. The predicted molar refractivity (Wildman–Crippen MR) is 153 cm³/mol. The largest absolute Gasteiger partial charge is 0.461 e. The van der Waals surface area contributed by atoms with Crippen molar-refractivity contribution in [2.45, 2.75) is 123 Å². The van der Waals surface area contributed by atoms with Crippen molar-refractivity contribution < 1.29 is 19.1 Å². The molecule has 2 aliphatic rings. The zero-order valence-electron chi connectivity index (χ0n) is 24.6. The van der Waals surface area contributed by atoms with E-state index < -0.39 is 12.1 Å². The van der Waals surface area contributed by atoms with Gasteiger partial charge < -0.3 is 20.9 Å². The Labute approximate surface area is 230 Å². The van der Waals surface area contributed by atoms with E-state index in [2.05, 4.69) is 46.8 Å². The molecule has 0 bridgehead atoms. The second-order valence-corrected chi connectivity index (χ2v) is 12.7. The minimum atomic E-state index is -0.628. The van der Waals surface area contributed by atoms with Gasteiger partial charge in [-0.05, 0) is 104 Å². The van der Waals surface area contributed by atoms with Crippen molar-refractivity contribution in [3.8, 4) is 5.75 Å². The molecule has 0 amide bonds. The molecule has 6 heteroatoms. The van der Waals surface area contributed by atoms with Gasteiger partial charge in [-0.1, -0.05) is 60.5 Å². The summed E-state index contributed by atoms with van der Waals surface area (Å²) in [6.45, 7) is 12.5. The molecule has 0 radical (unpaired) electrons. The highest BCUT2D eigenvalue weighted by molar-refractivity contribution is 5.78. The monoisotopic (exact) mass is 528 g/mol. The van der Waals surface area contributed by atoms with Crippen LogP contribution in [0.1, 0.15) is 110 Å². The molecule has 1 fully saturated rings. The van der Waals surface area contributed by atoms with E-state index in [1.807, 2.05) is 13.0 Å². The van der Waals surface area contributed by atoms with Crippen LogP contribution in [-0.2, 0) is 20.7 Å². The molecular weight excluding hydrogens is 476 g/mol. The van der Waals surface area contributed by atoms with Crippen LogP contribution >= 0.6 is 0 Å². The molecular formula is C32H52N2O4. The number of nitrogens with two attached hydrogens (primary N) is 2. The number of unbranched alkanes of at least 4 members (excludes halogenated alkanes) is 1. The molecule has 1 aromatic carbocycles. The standard InChI is InChI=1S/C32H52N2O4/c1-7-8-9-28-26(22-10-12-24(17-22)37-31(35)29(33)16-19(2)3)14-11-23-18-25(13-15-27(23)28)38-32(36)30(34)21(6)20(4)5/h13,15,18-22,24,26,28-30H,7-12,14,16-17,33-34H2,1-6H3/t21?,22?,24-,26?,28?,29+,30-/m0/s1. The molecule has 38 heavy (non-hydrogen) atoms. The highest BCUT2D eigenvalue weighted by Gasteiger charge is 2.40. The number of carbonyl (C=O) groups excluding carboxylic acids is 2. The number of benzene rings is 1. The van der Waals surface area contributed by atoms with E-state index in [0.717, 1.165) is 38.5 Å². The summed E-state index contributed by atoms with van der Waals surface area (Å²) < 4.78 is 11.6. The Balaban J connectivity index is 1.68. The normalized spacial score (nSPS) is 25.6. The van der Waals surface area contributed by atoms with Gasteiger partial charge in [0.25, 0.3) is 0 Å². The number of aryl methyl sites for hydroxylation is 1. The average Bonchev–Trinajstić information content (AvgIpc) is 3.33. The molecule has 1 saturated carbocycles. The molecule has 2 aliphatic carbocycles. The summed E-state index contributed by atoms with van der Waals surface area (Å²) >= 11 is 0. The van der Waals surface area contributed by atoms with Gasteiger partial charge in [-0.2, -0.15) is 0 Å². The number of esters is 2. The van der Waals surface area contributed by atoms with Crippen molar-refractivity contribution in [3.63, 3.8) is 0 Å². The van der Waals surface area contributed by atoms with Gasteiger partial charge in [0, 0.05) is 0 Å². The molecule has 4 N–H and O–H groups in total. The second-order valence-electron chi connectivity index (χ2n) is 12.7. The highest BCUT2D eigenvalue weighted by atomic mass is 16.5. The first kappa shape index (κ1) is 30.6. The van der Waals surface area contributed by atoms with Crippen LogP contribution in [0.2, 0.25) is 0 Å². The molecule has 6 nitrogen and oxygen atoms in total. The molecule has 0 aliphatic heterocycles. The Kier molecular flexibility index (Phi) is 11.2. The van der Waals surface area contributed by atoms with Crippen LogP contribution < -0.4 is 16.2 Å². The third kappa shape index (κ3) is 7.81. The van der Waals surface area contributed by atoms with Crippen LogP contribution in [0.25, 0.3) is 0 Å². The van der Waals surface area contributed by atoms with E-state index in [0.29, 0.717) is 41.8 Å². The smallest absolute Gasteiger partial charge is 0.328 e.